The van der Waals surface area contributed by atoms with Crippen LogP contribution in [0.25, 0.3) is 16.6 Å². The van der Waals surface area contributed by atoms with Crippen LogP contribution >= 0.6 is 22.9 Å². The first-order valence-electron chi connectivity index (χ1n) is 7.73. The maximum absolute atomic E-state index is 12.5. The van der Waals surface area contributed by atoms with Gasteiger partial charge in [0.05, 0.1) is 12.0 Å². The lowest BCUT2D eigenvalue weighted by atomic mass is 10.2. The fraction of sp³-hybridized carbons (Fsp3) is 0.0556. The molecule has 0 atom stereocenters. The Morgan fingerprint density at radius 1 is 1.27 bits per heavy atom. The van der Waals surface area contributed by atoms with E-state index in [9.17, 15) is 4.79 Å². The summed E-state index contributed by atoms with van der Waals surface area (Å²) in [6.45, 7) is 1.85. The molecule has 0 unspecified atom stereocenters. The van der Waals surface area contributed by atoms with Crippen LogP contribution in [-0.4, -0.2) is 20.7 Å². The van der Waals surface area contributed by atoms with Gasteiger partial charge in [-0.25, -0.2) is 4.98 Å². The van der Waals surface area contributed by atoms with E-state index in [-0.39, 0.29) is 5.91 Å². The first-order valence-corrected chi connectivity index (χ1v) is 8.99. The zero-order chi connectivity index (χ0) is 18.1. The quantitative estimate of drug-likeness (QED) is 0.548. The Kier molecular flexibility index (Phi) is 4.32. The van der Waals surface area contributed by atoms with E-state index in [1.165, 1.54) is 11.3 Å². The molecule has 3 aromatic heterocycles. The Morgan fingerprint density at radius 2 is 2.15 bits per heavy atom. The second kappa shape index (κ2) is 6.78. The van der Waals surface area contributed by atoms with Crippen LogP contribution in [0.1, 0.15) is 16.1 Å². The van der Waals surface area contributed by atoms with E-state index in [4.69, 9.17) is 16.0 Å². The number of rotatable bonds is 4. The van der Waals surface area contributed by atoms with E-state index in [0.717, 1.165) is 11.4 Å². The Labute approximate surface area is 158 Å². The number of benzene rings is 1. The third kappa shape index (κ3) is 3.26. The number of thiazole rings is 1. The van der Waals surface area contributed by atoms with Gasteiger partial charge in [-0.3, -0.25) is 4.79 Å². The van der Waals surface area contributed by atoms with Gasteiger partial charge in [-0.15, -0.1) is 11.3 Å². The van der Waals surface area contributed by atoms with Gasteiger partial charge < -0.3 is 9.73 Å². The zero-order valence-electron chi connectivity index (χ0n) is 13.6. The molecule has 0 fully saturated rings. The van der Waals surface area contributed by atoms with Crippen molar-refractivity contribution in [3.8, 4) is 16.6 Å². The van der Waals surface area contributed by atoms with Crippen molar-refractivity contribution in [2.24, 2.45) is 0 Å². The van der Waals surface area contributed by atoms with Crippen molar-refractivity contribution in [2.45, 2.75) is 6.92 Å². The fourth-order valence-corrected chi connectivity index (χ4v) is 3.42. The SMILES string of the molecule is Cc1cc(NC(=O)c2cccc(Cl)c2)n(-c2nc(-c3ccco3)cs2)n1. The molecule has 0 aliphatic heterocycles. The van der Waals surface area contributed by atoms with E-state index in [1.54, 1.807) is 41.3 Å². The standard InChI is InChI=1S/C18H13ClN4O2S/c1-11-8-16(21-17(24)12-4-2-5-13(19)9-12)23(22-11)18-20-14(10-26-18)15-6-3-7-25-15/h2-10H,1H3,(H,21,24). The number of nitrogens with one attached hydrogen (secondary N) is 1. The zero-order valence-corrected chi connectivity index (χ0v) is 15.2. The predicted molar refractivity (Wildman–Crippen MR) is 101 cm³/mol. The minimum absolute atomic E-state index is 0.267. The van der Waals surface area contributed by atoms with Crippen LogP contribution in [0.5, 0.6) is 0 Å². The molecular formula is C18H13ClN4O2S. The van der Waals surface area contributed by atoms with E-state index >= 15 is 0 Å². The number of hydrogen-bond acceptors (Lipinski definition) is 5. The summed E-state index contributed by atoms with van der Waals surface area (Å²) in [6, 6.07) is 12.2. The second-order valence-electron chi connectivity index (χ2n) is 5.54. The van der Waals surface area contributed by atoms with Crippen LogP contribution in [0.2, 0.25) is 5.02 Å². The molecule has 4 rings (SSSR count). The lowest BCUT2D eigenvalue weighted by Crippen LogP contribution is -2.15. The van der Waals surface area contributed by atoms with Gasteiger partial charge >= 0.3 is 0 Å². The Morgan fingerprint density at radius 3 is 2.92 bits per heavy atom. The third-order valence-corrected chi connectivity index (χ3v) is 4.66. The van der Waals surface area contributed by atoms with Crippen LogP contribution in [0, 0.1) is 6.92 Å². The van der Waals surface area contributed by atoms with Crippen LogP contribution < -0.4 is 5.32 Å². The molecule has 130 valence electrons. The predicted octanol–water partition coefficient (Wildman–Crippen LogP) is 4.80. The number of nitrogens with zero attached hydrogens (tertiary/aromatic N) is 3. The highest BCUT2D eigenvalue weighted by Crippen LogP contribution is 2.27. The largest absolute Gasteiger partial charge is 0.463 e. The van der Waals surface area contributed by atoms with Crippen molar-refractivity contribution in [2.75, 3.05) is 5.32 Å². The molecule has 0 aliphatic rings. The fourth-order valence-electron chi connectivity index (χ4n) is 2.45. The van der Waals surface area contributed by atoms with Crippen molar-refractivity contribution in [3.63, 3.8) is 0 Å². The average molecular weight is 385 g/mol. The minimum Gasteiger partial charge on any atom is -0.463 e. The van der Waals surface area contributed by atoms with Gasteiger partial charge in [-0.1, -0.05) is 17.7 Å². The number of carbonyl (C=O) groups excluding carboxylic acids is 1. The van der Waals surface area contributed by atoms with Crippen molar-refractivity contribution >= 4 is 34.7 Å². The van der Waals surface area contributed by atoms with E-state index in [1.807, 2.05) is 24.4 Å². The maximum Gasteiger partial charge on any atom is 0.256 e. The number of furan rings is 1. The van der Waals surface area contributed by atoms with Crippen molar-refractivity contribution in [1.82, 2.24) is 14.8 Å². The topological polar surface area (TPSA) is 73.0 Å². The third-order valence-electron chi connectivity index (χ3n) is 3.61. The van der Waals surface area contributed by atoms with Crippen molar-refractivity contribution < 1.29 is 9.21 Å². The molecule has 0 saturated heterocycles. The molecule has 0 bridgehead atoms. The van der Waals surface area contributed by atoms with Gasteiger partial charge in [-0.05, 0) is 37.3 Å². The second-order valence-corrected chi connectivity index (χ2v) is 6.81. The van der Waals surface area contributed by atoms with Crippen molar-refractivity contribution in [1.29, 1.82) is 0 Å². The molecule has 0 spiro atoms. The number of aryl methyl sites for hydroxylation is 1. The summed E-state index contributed by atoms with van der Waals surface area (Å²) >= 11 is 7.37. The lowest BCUT2D eigenvalue weighted by molar-refractivity contribution is 0.102. The summed E-state index contributed by atoms with van der Waals surface area (Å²) in [5.41, 5.74) is 1.95. The Bertz CT molecular complexity index is 1070. The smallest absolute Gasteiger partial charge is 0.256 e. The van der Waals surface area contributed by atoms with Crippen LogP contribution in [0.3, 0.4) is 0 Å². The van der Waals surface area contributed by atoms with Crippen LogP contribution in [0.4, 0.5) is 5.82 Å². The van der Waals surface area contributed by atoms with Gasteiger partial charge in [0.2, 0.25) is 5.13 Å². The summed E-state index contributed by atoms with van der Waals surface area (Å²) in [4.78, 5) is 17.1. The number of anilines is 1. The molecule has 1 aromatic carbocycles. The molecule has 0 aliphatic carbocycles. The highest BCUT2D eigenvalue weighted by atomic mass is 35.5. The van der Waals surface area contributed by atoms with Gasteiger partial charge in [0, 0.05) is 22.0 Å². The average Bonchev–Trinajstić information content (AvgIpc) is 3.34. The number of carbonyl (C=O) groups is 1. The Hall–Kier alpha value is -2.90. The van der Waals surface area contributed by atoms with Crippen molar-refractivity contribution in [3.05, 3.63) is 70.4 Å². The molecule has 6 nitrogen and oxygen atoms in total. The molecular weight excluding hydrogens is 372 g/mol. The van der Waals surface area contributed by atoms with Gasteiger partial charge in [0.25, 0.3) is 5.91 Å². The first-order chi connectivity index (χ1) is 12.6. The summed E-state index contributed by atoms with van der Waals surface area (Å²) in [5.74, 6) is 0.949. The number of aromatic nitrogens is 3. The number of halogens is 1. The lowest BCUT2D eigenvalue weighted by Gasteiger charge is -2.06. The minimum atomic E-state index is -0.267. The van der Waals surface area contributed by atoms with E-state index < -0.39 is 0 Å². The normalized spacial score (nSPS) is 10.8. The highest BCUT2D eigenvalue weighted by molar-refractivity contribution is 7.12. The molecule has 8 heteroatoms. The maximum atomic E-state index is 12.5. The molecule has 0 saturated carbocycles. The summed E-state index contributed by atoms with van der Waals surface area (Å²) in [7, 11) is 0. The summed E-state index contributed by atoms with van der Waals surface area (Å²) in [6.07, 6.45) is 1.60. The molecule has 3 heterocycles. The monoisotopic (exact) mass is 384 g/mol. The summed E-state index contributed by atoms with van der Waals surface area (Å²) in [5, 5.41) is 10.3. The first kappa shape index (κ1) is 16.6. The van der Waals surface area contributed by atoms with E-state index in [0.29, 0.717) is 27.3 Å². The summed E-state index contributed by atoms with van der Waals surface area (Å²) < 4.78 is 6.98. The molecule has 26 heavy (non-hydrogen) atoms. The molecule has 1 amide bonds. The van der Waals surface area contributed by atoms with Crippen LogP contribution in [0.15, 0.2) is 58.5 Å². The van der Waals surface area contributed by atoms with Gasteiger partial charge in [0.15, 0.2) is 5.76 Å². The van der Waals surface area contributed by atoms with Gasteiger partial charge in [0.1, 0.15) is 11.5 Å². The number of hydrogen-bond donors (Lipinski definition) is 1. The molecule has 1 N–H and O–H groups in total. The van der Waals surface area contributed by atoms with Gasteiger partial charge in [-0.2, -0.15) is 9.78 Å². The number of amides is 1. The molecule has 0 radical (unpaired) electrons. The van der Waals surface area contributed by atoms with Crippen LogP contribution in [-0.2, 0) is 0 Å². The molecule has 4 aromatic rings. The highest BCUT2D eigenvalue weighted by Gasteiger charge is 2.16. The van der Waals surface area contributed by atoms with E-state index in [2.05, 4.69) is 15.4 Å². The Balaban J connectivity index is 1.64.